The summed E-state index contributed by atoms with van der Waals surface area (Å²) in [6, 6.07) is 5.54. The van der Waals surface area contributed by atoms with E-state index in [1.165, 1.54) is 24.3 Å². The Morgan fingerprint density at radius 3 is 2.71 bits per heavy atom. The number of halogens is 1. The van der Waals surface area contributed by atoms with E-state index in [4.69, 9.17) is 0 Å². The summed E-state index contributed by atoms with van der Waals surface area (Å²) in [5.74, 6) is -0.484. The molecule has 0 aliphatic heterocycles. The minimum Gasteiger partial charge on any atom is -0.387 e. The normalized spacial score (nSPS) is 11.9. The van der Waals surface area contributed by atoms with Gasteiger partial charge in [0, 0.05) is 13.0 Å². The van der Waals surface area contributed by atoms with Crippen LogP contribution in [0.15, 0.2) is 36.9 Å². The van der Waals surface area contributed by atoms with Gasteiger partial charge in [-0.1, -0.05) is 18.2 Å². The quantitative estimate of drug-likeness (QED) is 0.743. The summed E-state index contributed by atoms with van der Waals surface area (Å²) >= 11 is 0. The van der Waals surface area contributed by atoms with Gasteiger partial charge in [0.25, 0.3) is 0 Å². The number of carbonyl (C=O) groups is 1. The summed E-state index contributed by atoms with van der Waals surface area (Å²) in [5.41, 5.74) is 0.579. The Hall–Kier alpha value is -1.68. The van der Waals surface area contributed by atoms with Crippen molar-refractivity contribution in [2.45, 2.75) is 18.9 Å². The molecule has 2 N–H and O–H groups in total. The van der Waals surface area contributed by atoms with Crippen molar-refractivity contribution in [3.63, 3.8) is 0 Å². The van der Waals surface area contributed by atoms with Crippen LogP contribution in [0.1, 0.15) is 24.5 Å². The number of amides is 1. The number of nitrogens with one attached hydrogen (secondary N) is 1. The fraction of sp³-hybridized carbons (Fsp3) is 0.308. The maximum Gasteiger partial charge on any atom is 0.220 e. The molecule has 1 aromatic carbocycles. The number of rotatable bonds is 6. The molecule has 0 radical (unpaired) electrons. The molecule has 4 heteroatoms. The average Bonchev–Trinajstić information content (AvgIpc) is 2.34. The summed E-state index contributed by atoms with van der Waals surface area (Å²) in [6.45, 7) is 3.65. The summed E-state index contributed by atoms with van der Waals surface area (Å²) in [7, 11) is 0. The van der Waals surface area contributed by atoms with Crippen molar-refractivity contribution in [3.8, 4) is 0 Å². The van der Waals surface area contributed by atoms with E-state index in [1.54, 1.807) is 6.08 Å². The van der Waals surface area contributed by atoms with Gasteiger partial charge < -0.3 is 10.4 Å². The third-order valence-electron chi connectivity index (χ3n) is 2.32. The van der Waals surface area contributed by atoms with Crippen LogP contribution in [-0.2, 0) is 4.79 Å². The van der Waals surface area contributed by atoms with Crippen LogP contribution in [0.5, 0.6) is 0 Å². The predicted octanol–water partition coefficient (Wildman–Crippen LogP) is 1.94. The van der Waals surface area contributed by atoms with Crippen LogP contribution < -0.4 is 5.32 Å². The second-order valence-corrected chi connectivity index (χ2v) is 3.70. The monoisotopic (exact) mass is 237 g/mol. The molecule has 1 rings (SSSR count). The molecule has 0 aromatic heterocycles. The Balaban J connectivity index is 2.39. The van der Waals surface area contributed by atoms with Gasteiger partial charge in [-0.3, -0.25) is 4.79 Å². The van der Waals surface area contributed by atoms with Crippen LogP contribution in [0.4, 0.5) is 4.39 Å². The van der Waals surface area contributed by atoms with E-state index in [2.05, 4.69) is 11.9 Å². The largest absolute Gasteiger partial charge is 0.387 e. The fourth-order valence-electron chi connectivity index (χ4n) is 1.33. The van der Waals surface area contributed by atoms with Gasteiger partial charge in [-0.2, -0.15) is 0 Å². The third kappa shape index (κ3) is 4.78. The van der Waals surface area contributed by atoms with Gasteiger partial charge in [-0.15, -0.1) is 6.58 Å². The van der Waals surface area contributed by atoms with Gasteiger partial charge in [0.05, 0.1) is 6.10 Å². The average molecular weight is 237 g/mol. The number of benzene rings is 1. The van der Waals surface area contributed by atoms with Crippen LogP contribution in [0.25, 0.3) is 0 Å². The first kappa shape index (κ1) is 13.4. The molecular formula is C13H16FNO2. The Labute approximate surface area is 100.0 Å². The highest BCUT2D eigenvalue weighted by atomic mass is 19.1. The molecule has 1 aromatic rings. The first-order chi connectivity index (χ1) is 8.13. The predicted molar refractivity (Wildman–Crippen MR) is 63.8 cm³/mol. The van der Waals surface area contributed by atoms with Crippen molar-refractivity contribution >= 4 is 5.91 Å². The smallest absolute Gasteiger partial charge is 0.220 e. The zero-order chi connectivity index (χ0) is 12.7. The first-order valence-electron chi connectivity index (χ1n) is 5.44. The molecule has 0 spiro atoms. The number of carbonyl (C=O) groups excluding carboxylic acids is 1. The number of allylic oxidation sites excluding steroid dienone is 1. The van der Waals surface area contributed by atoms with E-state index < -0.39 is 6.10 Å². The second-order valence-electron chi connectivity index (χ2n) is 3.70. The van der Waals surface area contributed by atoms with Crippen LogP contribution >= 0.6 is 0 Å². The van der Waals surface area contributed by atoms with Crippen molar-refractivity contribution in [1.29, 1.82) is 0 Å². The summed E-state index contributed by atoms with van der Waals surface area (Å²) in [6.07, 6.45) is 1.82. The van der Waals surface area contributed by atoms with E-state index in [-0.39, 0.29) is 18.3 Å². The van der Waals surface area contributed by atoms with Gasteiger partial charge in [-0.05, 0) is 24.1 Å². The molecule has 3 nitrogen and oxygen atoms in total. The molecule has 0 saturated heterocycles. The molecule has 0 saturated carbocycles. The fourth-order valence-corrected chi connectivity index (χ4v) is 1.33. The van der Waals surface area contributed by atoms with Crippen molar-refractivity contribution in [2.75, 3.05) is 6.54 Å². The molecule has 1 unspecified atom stereocenters. The van der Waals surface area contributed by atoms with Gasteiger partial charge in [0.15, 0.2) is 0 Å². The maximum atomic E-state index is 12.6. The van der Waals surface area contributed by atoms with Crippen molar-refractivity contribution in [1.82, 2.24) is 5.32 Å². The molecule has 17 heavy (non-hydrogen) atoms. The molecule has 0 heterocycles. The van der Waals surface area contributed by atoms with Crippen molar-refractivity contribution in [3.05, 3.63) is 48.3 Å². The van der Waals surface area contributed by atoms with Gasteiger partial charge in [-0.25, -0.2) is 4.39 Å². The van der Waals surface area contributed by atoms with E-state index in [1.807, 2.05) is 0 Å². The lowest BCUT2D eigenvalue weighted by Gasteiger charge is -2.11. The van der Waals surface area contributed by atoms with Crippen LogP contribution in [-0.4, -0.2) is 17.6 Å². The van der Waals surface area contributed by atoms with Crippen LogP contribution in [0, 0.1) is 5.82 Å². The van der Waals surface area contributed by atoms with E-state index >= 15 is 0 Å². The Kier molecular flexibility index (Phi) is 5.36. The topological polar surface area (TPSA) is 49.3 Å². The van der Waals surface area contributed by atoms with Gasteiger partial charge in [0.2, 0.25) is 5.91 Å². The Bertz CT molecular complexity index is 376. The lowest BCUT2D eigenvalue weighted by atomic mass is 10.1. The van der Waals surface area contributed by atoms with Crippen molar-refractivity contribution < 1.29 is 14.3 Å². The Morgan fingerprint density at radius 2 is 2.12 bits per heavy atom. The lowest BCUT2D eigenvalue weighted by molar-refractivity contribution is -0.121. The highest BCUT2D eigenvalue weighted by Gasteiger charge is 2.08. The first-order valence-corrected chi connectivity index (χ1v) is 5.44. The summed E-state index contributed by atoms with van der Waals surface area (Å²) in [5, 5.41) is 12.3. The van der Waals surface area contributed by atoms with Crippen LogP contribution in [0.3, 0.4) is 0 Å². The molecule has 1 atom stereocenters. The zero-order valence-electron chi connectivity index (χ0n) is 9.53. The number of aliphatic hydroxyl groups is 1. The second kappa shape index (κ2) is 6.81. The number of aliphatic hydroxyl groups excluding tert-OH is 1. The van der Waals surface area contributed by atoms with E-state index in [9.17, 15) is 14.3 Å². The molecule has 0 bridgehead atoms. The highest BCUT2D eigenvalue weighted by Crippen LogP contribution is 2.12. The molecule has 0 aliphatic carbocycles. The van der Waals surface area contributed by atoms with E-state index in [0.29, 0.717) is 18.4 Å². The molecule has 0 aliphatic rings. The van der Waals surface area contributed by atoms with Gasteiger partial charge >= 0.3 is 0 Å². The lowest BCUT2D eigenvalue weighted by Crippen LogP contribution is -2.27. The molecule has 92 valence electrons. The maximum absolute atomic E-state index is 12.6. The third-order valence-corrected chi connectivity index (χ3v) is 2.32. The van der Waals surface area contributed by atoms with Gasteiger partial charge in [0.1, 0.15) is 5.82 Å². The summed E-state index contributed by atoms with van der Waals surface area (Å²) in [4.78, 5) is 11.3. The molecule has 0 fully saturated rings. The SMILES string of the molecule is C=CCCC(=O)NCC(O)c1ccc(F)cc1. The molecule has 1 amide bonds. The Morgan fingerprint density at radius 1 is 1.47 bits per heavy atom. The molecular weight excluding hydrogens is 221 g/mol. The van der Waals surface area contributed by atoms with Crippen LogP contribution in [0.2, 0.25) is 0 Å². The van der Waals surface area contributed by atoms with E-state index in [0.717, 1.165) is 0 Å². The number of hydrogen-bond acceptors (Lipinski definition) is 2. The van der Waals surface area contributed by atoms with Crippen molar-refractivity contribution in [2.24, 2.45) is 0 Å². The highest BCUT2D eigenvalue weighted by molar-refractivity contribution is 5.76. The minimum absolute atomic E-state index is 0.127. The zero-order valence-corrected chi connectivity index (χ0v) is 9.53. The minimum atomic E-state index is -0.816. The standard InChI is InChI=1S/C13H16FNO2/c1-2-3-4-13(17)15-9-12(16)10-5-7-11(14)8-6-10/h2,5-8,12,16H,1,3-4,9H2,(H,15,17). The summed E-state index contributed by atoms with van der Waals surface area (Å²) < 4.78 is 12.6. The number of hydrogen-bond donors (Lipinski definition) is 2.